The molecule has 2 aliphatic heterocycles. The van der Waals surface area contributed by atoms with Crippen LogP contribution in [0.3, 0.4) is 0 Å². The van der Waals surface area contributed by atoms with Gasteiger partial charge in [0.2, 0.25) is 5.91 Å². The summed E-state index contributed by atoms with van der Waals surface area (Å²) in [5.74, 6) is -0.293. The Morgan fingerprint density at radius 1 is 1.06 bits per heavy atom. The van der Waals surface area contributed by atoms with E-state index in [1.54, 1.807) is 12.3 Å². The number of aryl methyl sites for hydroxylation is 1. The van der Waals surface area contributed by atoms with E-state index in [1.807, 2.05) is 60.7 Å². The standard InChI is InChI=1S/C25H22N4O2/c30-22(12-11-16-7-3-1-4-8-16)27-18-13-19-23-20(15-26-29-25(19)31)24(28-21(23)14-18)17-9-5-2-6-10-17/h1-10,13,15,21,26H,11-12,14H2,(H,27,30)(H,29,31). The molecular weight excluding hydrogens is 388 g/mol. The van der Waals surface area contributed by atoms with Crippen molar-refractivity contribution in [3.8, 4) is 0 Å². The van der Waals surface area contributed by atoms with Crippen LogP contribution in [0.15, 0.2) is 100 Å². The van der Waals surface area contributed by atoms with E-state index >= 15 is 0 Å². The molecule has 6 heteroatoms. The van der Waals surface area contributed by atoms with Gasteiger partial charge in [0.15, 0.2) is 0 Å². The summed E-state index contributed by atoms with van der Waals surface area (Å²) in [4.78, 5) is 30.2. The predicted octanol–water partition coefficient (Wildman–Crippen LogP) is 2.71. The Kier molecular flexibility index (Phi) is 4.96. The largest absolute Gasteiger partial charge is 0.330 e. The zero-order valence-corrected chi connectivity index (χ0v) is 16.9. The number of aliphatic imine (C=N–C) groups is 1. The van der Waals surface area contributed by atoms with Crippen LogP contribution in [0, 0.1) is 0 Å². The first-order valence-electron chi connectivity index (χ1n) is 10.4. The van der Waals surface area contributed by atoms with Crippen molar-refractivity contribution in [1.29, 1.82) is 0 Å². The van der Waals surface area contributed by atoms with Crippen LogP contribution in [-0.2, 0) is 16.0 Å². The number of hydrogen-bond acceptors (Lipinski definition) is 4. The second-order valence-electron chi connectivity index (χ2n) is 7.75. The summed E-state index contributed by atoms with van der Waals surface area (Å²) in [5, 5.41) is 3.00. The fourth-order valence-electron chi connectivity index (χ4n) is 4.22. The molecular formula is C25H22N4O2. The number of hydrazine groups is 1. The predicted molar refractivity (Wildman–Crippen MR) is 119 cm³/mol. The number of nitrogens with one attached hydrogen (secondary N) is 3. The highest BCUT2D eigenvalue weighted by Gasteiger charge is 2.37. The van der Waals surface area contributed by atoms with Gasteiger partial charge >= 0.3 is 0 Å². The molecule has 0 aromatic heterocycles. The molecule has 154 valence electrons. The second kappa shape index (κ2) is 8.07. The molecule has 3 aliphatic rings. The van der Waals surface area contributed by atoms with Gasteiger partial charge in [0, 0.05) is 47.0 Å². The van der Waals surface area contributed by atoms with Crippen LogP contribution in [0.5, 0.6) is 0 Å². The molecule has 1 atom stereocenters. The summed E-state index contributed by atoms with van der Waals surface area (Å²) in [6, 6.07) is 19.7. The lowest BCUT2D eigenvalue weighted by Crippen LogP contribution is -2.35. The number of amides is 2. The minimum Gasteiger partial charge on any atom is -0.330 e. The van der Waals surface area contributed by atoms with Crippen molar-refractivity contribution < 1.29 is 9.59 Å². The topological polar surface area (TPSA) is 82.6 Å². The first kappa shape index (κ1) is 19.1. The number of benzene rings is 2. The maximum atomic E-state index is 12.7. The quantitative estimate of drug-likeness (QED) is 0.709. The van der Waals surface area contributed by atoms with Gasteiger partial charge < -0.3 is 10.7 Å². The van der Waals surface area contributed by atoms with Crippen molar-refractivity contribution in [3.63, 3.8) is 0 Å². The summed E-state index contributed by atoms with van der Waals surface area (Å²) >= 11 is 0. The Morgan fingerprint density at radius 2 is 1.81 bits per heavy atom. The van der Waals surface area contributed by atoms with Gasteiger partial charge in [0.1, 0.15) is 0 Å². The Morgan fingerprint density at radius 3 is 2.58 bits per heavy atom. The van der Waals surface area contributed by atoms with Gasteiger partial charge in [-0.15, -0.1) is 0 Å². The van der Waals surface area contributed by atoms with E-state index in [2.05, 4.69) is 16.2 Å². The van der Waals surface area contributed by atoms with Crippen LogP contribution in [0.4, 0.5) is 0 Å². The van der Waals surface area contributed by atoms with Crippen molar-refractivity contribution in [2.75, 3.05) is 0 Å². The van der Waals surface area contributed by atoms with Crippen LogP contribution in [-0.4, -0.2) is 23.6 Å². The van der Waals surface area contributed by atoms with Gasteiger partial charge in [-0.05, 0) is 18.1 Å². The first-order chi connectivity index (χ1) is 15.2. The summed E-state index contributed by atoms with van der Waals surface area (Å²) in [6.07, 6.45) is 5.19. The zero-order chi connectivity index (χ0) is 21.2. The van der Waals surface area contributed by atoms with E-state index in [4.69, 9.17) is 4.99 Å². The molecule has 0 spiro atoms. The number of rotatable bonds is 5. The summed E-state index contributed by atoms with van der Waals surface area (Å²) in [6.45, 7) is 0. The van der Waals surface area contributed by atoms with Crippen molar-refractivity contribution in [2.24, 2.45) is 4.99 Å². The fraction of sp³-hybridized carbons (Fsp3) is 0.160. The number of hydrogen-bond donors (Lipinski definition) is 3. The van der Waals surface area contributed by atoms with Crippen molar-refractivity contribution in [2.45, 2.75) is 25.3 Å². The molecule has 0 radical (unpaired) electrons. The molecule has 31 heavy (non-hydrogen) atoms. The summed E-state index contributed by atoms with van der Waals surface area (Å²) in [7, 11) is 0. The van der Waals surface area contributed by atoms with Crippen LogP contribution in [0.2, 0.25) is 0 Å². The van der Waals surface area contributed by atoms with Crippen LogP contribution in [0.1, 0.15) is 24.0 Å². The van der Waals surface area contributed by atoms with Gasteiger partial charge in [-0.1, -0.05) is 60.7 Å². The second-order valence-corrected chi connectivity index (χ2v) is 7.75. The lowest BCUT2D eigenvalue weighted by molar-refractivity contribution is -0.120. The van der Waals surface area contributed by atoms with Gasteiger partial charge in [-0.2, -0.15) is 0 Å². The van der Waals surface area contributed by atoms with Crippen LogP contribution in [0.25, 0.3) is 0 Å². The average Bonchev–Trinajstić information content (AvgIpc) is 3.08. The Hall–Kier alpha value is -3.93. The molecule has 3 N–H and O–H groups in total. The molecule has 1 unspecified atom stereocenters. The highest BCUT2D eigenvalue weighted by molar-refractivity contribution is 6.19. The minimum absolute atomic E-state index is 0.0627. The third-order valence-electron chi connectivity index (χ3n) is 5.66. The molecule has 2 aromatic rings. The van der Waals surface area contributed by atoms with E-state index < -0.39 is 0 Å². The summed E-state index contributed by atoms with van der Waals surface area (Å²) < 4.78 is 0. The maximum absolute atomic E-state index is 12.7. The van der Waals surface area contributed by atoms with E-state index in [0.29, 0.717) is 24.8 Å². The normalized spacial score (nSPS) is 19.3. The van der Waals surface area contributed by atoms with Crippen LogP contribution >= 0.6 is 0 Å². The van der Waals surface area contributed by atoms with Crippen molar-refractivity contribution in [3.05, 3.63) is 106 Å². The first-order valence-corrected chi connectivity index (χ1v) is 10.4. The molecule has 0 saturated heterocycles. The summed E-state index contributed by atoms with van der Waals surface area (Å²) in [5.41, 5.74) is 11.6. The number of carbonyl (C=O) groups excluding carboxylic acids is 2. The lowest BCUT2D eigenvalue weighted by atomic mass is 9.86. The Labute approximate surface area is 180 Å². The van der Waals surface area contributed by atoms with Crippen LogP contribution < -0.4 is 16.2 Å². The highest BCUT2D eigenvalue weighted by Crippen LogP contribution is 2.38. The Bertz CT molecular complexity index is 1160. The lowest BCUT2D eigenvalue weighted by Gasteiger charge is -2.21. The Balaban J connectivity index is 1.39. The number of carbonyl (C=O) groups is 2. The third-order valence-corrected chi connectivity index (χ3v) is 5.66. The average molecular weight is 410 g/mol. The van der Waals surface area contributed by atoms with Gasteiger partial charge in [-0.25, -0.2) is 0 Å². The van der Waals surface area contributed by atoms with Gasteiger partial charge in [0.05, 0.1) is 11.8 Å². The molecule has 6 nitrogen and oxygen atoms in total. The SMILES string of the molecule is O=C(CCc1ccccc1)NC1=CC2=C3C(=CNNC2=O)C(c2ccccc2)=NC3C1. The smallest absolute Gasteiger partial charge is 0.270 e. The molecule has 2 aromatic carbocycles. The molecule has 2 heterocycles. The van der Waals surface area contributed by atoms with E-state index in [9.17, 15) is 9.59 Å². The fourth-order valence-corrected chi connectivity index (χ4v) is 4.22. The van der Waals surface area contributed by atoms with E-state index in [0.717, 1.165) is 33.7 Å². The maximum Gasteiger partial charge on any atom is 0.270 e. The minimum atomic E-state index is -0.230. The number of nitrogens with zero attached hydrogens (tertiary/aromatic N) is 1. The molecule has 0 bridgehead atoms. The molecule has 1 aliphatic carbocycles. The molecule has 5 rings (SSSR count). The molecule has 0 saturated carbocycles. The van der Waals surface area contributed by atoms with Crippen molar-refractivity contribution >= 4 is 17.5 Å². The third kappa shape index (κ3) is 3.80. The molecule has 0 fully saturated rings. The molecule has 2 amide bonds. The monoisotopic (exact) mass is 410 g/mol. The van der Waals surface area contributed by atoms with Gasteiger partial charge in [0.25, 0.3) is 5.91 Å². The van der Waals surface area contributed by atoms with Crippen molar-refractivity contribution in [1.82, 2.24) is 16.2 Å². The zero-order valence-electron chi connectivity index (χ0n) is 16.9. The van der Waals surface area contributed by atoms with E-state index in [1.165, 1.54) is 0 Å². The van der Waals surface area contributed by atoms with Gasteiger partial charge in [-0.3, -0.25) is 20.0 Å². The highest BCUT2D eigenvalue weighted by atomic mass is 16.2. The van der Waals surface area contributed by atoms with E-state index in [-0.39, 0.29) is 17.9 Å².